The molecule has 0 fully saturated rings. The van der Waals surface area contributed by atoms with Gasteiger partial charge in [0, 0.05) is 24.0 Å². The number of hydrogen-bond acceptors (Lipinski definition) is 5. The van der Waals surface area contributed by atoms with Crippen LogP contribution in [0, 0.1) is 6.92 Å². The topological polar surface area (TPSA) is 72.0 Å². The summed E-state index contributed by atoms with van der Waals surface area (Å²) in [5.74, 6) is 0.344. The highest BCUT2D eigenvalue weighted by atomic mass is 19.3. The van der Waals surface area contributed by atoms with E-state index in [1.54, 1.807) is 18.4 Å². The van der Waals surface area contributed by atoms with Crippen molar-refractivity contribution >= 4 is 23.5 Å². The van der Waals surface area contributed by atoms with Crippen molar-refractivity contribution in [3.05, 3.63) is 36.4 Å². The Morgan fingerprint density at radius 2 is 2.30 bits per heavy atom. The Balaban J connectivity index is 2.11. The zero-order valence-electron chi connectivity index (χ0n) is 12.9. The van der Waals surface area contributed by atoms with E-state index in [0.717, 1.165) is 11.3 Å². The molecule has 0 amide bonds. The van der Waals surface area contributed by atoms with Crippen molar-refractivity contribution in [3.63, 3.8) is 0 Å². The van der Waals surface area contributed by atoms with Crippen LogP contribution in [-0.2, 0) is 4.74 Å². The van der Waals surface area contributed by atoms with Gasteiger partial charge < -0.3 is 15.8 Å². The fourth-order valence-electron chi connectivity index (χ4n) is 2.24. The van der Waals surface area contributed by atoms with Crippen LogP contribution in [0.5, 0.6) is 0 Å². The first-order chi connectivity index (χ1) is 11.0. The number of halogens is 2. The third-order valence-electron chi connectivity index (χ3n) is 3.49. The smallest absolute Gasteiger partial charge is 0.345 e. The monoisotopic (exact) mass is 322 g/mol. The molecule has 1 aromatic rings. The van der Waals surface area contributed by atoms with Gasteiger partial charge in [-0.1, -0.05) is 12.1 Å². The molecule has 124 valence electrons. The van der Waals surface area contributed by atoms with Gasteiger partial charge in [-0.05, 0) is 31.0 Å². The number of hydrogen-bond donors (Lipinski definition) is 2. The number of alkyl halides is 2. The van der Waals surface area contributed by atoms with Crippen molar-refractivity contribution in [2.45, 2.75) is 38.5 Å². The van der Waals surface area contributed by atoms with E-state index in [9.17, 15) is 8.78 Å². The highest BCUT2D eigenvalue weighted by Gasteiger charge is 2.25. The van der Waals surface area contributed by atoms with Gasteiger partial charge in [-0.3, -0.25) is 0 Å². The van der Waals surface area contributed by atoms with Crippen molar-refractivity contribution in [1.29, 1.82) is 0 Å². The fourth-order valence-corrected chi connectivity index (χ4v) is 2.24. The SMILES string of the molecule is C=CC[C@@H](OC(F)F)C1CC=NC(Nc2ccc(C)c(N)c2)=N1. The lowest BCUT2D eigenvalue weighted by Gasteiger charge is -2.24. The van der Waals surface area contributed by atoms with E-state index in [2.05, 4.69) is 26.6 Å². The van der Waals surface area contributed by atoms with Gasteiger partial charge in [-0.2, -0.15) is 8.78 Å². The Hall–Kier alpha value is -2.28. The summed E-state index contributed by atoms with van der Waals surface area (Å²) in [6, 6.07) is 5.06. The third-order valence-corrected chi connectivity index (χ3v) is 3.49. The minimum atomic E-state index is -2.85. The first-order valence-corrected chi connectivity index (χ1v) is 7.27. The number of guanidine groups is 1. The highest BCUT2D eigenvalue weighted by molar-refractivity contribution is 6.00. The number of ether oxygens (including phenoxy) is 1. The van der Waals surface area contributed by atoms with Gasteiger partial charge in [0.05, 0.1) is 12.1 Å². The summed E-state index contributed by atoms with van der Waals surface area (Å²) in [7, 11) is 0. The molecule has 1 aromatic carbocycles. The van der Waals surface area contributed by atoms with E-state index in [4.69, 9.17) is 5.73 Å². The Kier molecular flexibility index (Phi) is 5.81. The average molecular weight is 322 g/mol. The van der Waals surface area contributed by atoms with E-state index in [0.29, 0.717) is 18.1 Å². The van der Waals surface area contributed by atoms with Crippen LogP contribution in [0.15, 0.2) is 40.8 Å². The van der Waals surface area contributed by atoms with E-state index in [1.807, 2.05) is 19.1 Å². The van der Waals surface area contributed by atoms with E-state index < -0.39 is 18.8 Å². The molecular weight excluding hydrogens is 302 g/mol. The largest absolute Gasteiger partial charge is 0.398 e. The van der Waals surface area contributed by atoms with E-state index >= 15 is 0 Å². The van der Waals surface area contributed by atoms with Gasteiger partial charge in [0.25, 0.3) is 0 Å². The molecule has 5 nitrogen and oxygen atoms in total. The molecule has 0 spiro atoms. The second-order valence-electron chi connectivity index (χ2n) is 5.22. The Labute approximate surface area is 134 Å². The predicted molar refractivity (Wildman–Crippen MR) is 89.2 cm³/mol. The van der Waals surface area contributed by atoms with Crippen molar-refractivity contribution in [3.8, 4) is 0 Å². The number of nitrogens with two attached hydrogens (primary N) is 1. The van der Waals surface area contributed by atoms with Gasteiger partial charge in [-0.25, -0.2) is 9.98 Å². The number of aryl methyl sites for hydroxylation is 1. The quantitative estimate of drug-likeness (QED) is 0.623. The Morgan fingerprint density at radius 1 is 1.52 bits per heavy atom. The summed E-state index contributed by atoms with van der Waals surface area (Å²) >= 11 is 0. The number of rotatable bonds is 6. The molecule has 1 aliphatic rings. The van der Waals surface area contributed by atoms with Crippen LogP contribution in [0.25, 0.3) is 0 Å². The molecule has 23 heavy (non-hydrogen) atoms. The number of benzene rings is 1. The molecule has 1 heterocycles. The summed E-state index contributed by atoms with van der Waals surface area (Å²) in [6.07, 6.45) is 3.17. The highest BCUT2D eigenvalue weighted by Crippen LogP contribution is 2.20. The maximum atomic E-state index is 12.5. The van der Waals surface area contributed by atoms with Gasteiger partial charge in [0.2, 0.25) is 5.96 Å². The maximum absolute atomic E-state index is 12.5. The summed E-state index contributed by atoms with van der Waals surface area (Å²) in [6.45, 7) is 2.64. The maximum Gasteiger partial charge on any atom is 0.345 e. The number of anilines is 2. The summed E-state index contributed by atoms with van der Waals surface area (Å²) in [5.41, 5.74) is 8.22. The first kappa shape index (κ1) is 17.1. The molecule has 0 saturated heterocycles. The molecule has 1 aliphatic heterocycles. The van der Waals surface area contributed by atoms with Crippen LogP contribution in [0.1, 0.15) is 18.4 Å². The molecule has 0 saturated carbocycles. The van der Waals surface area contributed by atoms with E-state index in [1.165, 1.54) is 0 Å². The molecule has 0 aliphatic carbocycles. The molecule has 0 aromatic heterocycles. The first-order valence-electron chi connectivity index (χ1n) is 7.27. The molecule has 2 rings (SSSR count). The van der Waals surface area contributed by atoms with E-state index in [-0.39, 0.29) is 6.42 Å². The zero-order chi connectivity index (χ0) is 16.8. The van der Waals surface area contributed by atoms with Crippen molar-refractivity contribution < 1.29 is 13.5 Å². The number of nitrogens with zero attached hydrogens (tertiary/aromatic N) is 2. The van der Waals surface area contributed by atoms with Crippen molar-refractivity contribution in [2.75, 3.05) is 11.1 Å². The predicted octanol–water partition coefficient (Wildman–Crippen LogP) is 3.37. The molecule has 7 heteroatoms. The minimum Gasteiger partial charge on any atom is -0.398 e. The van der Waals surface area contributed by atoms with Gasteiger partial charge >= 0.3 is 6.61 Å². The van der Waals surface area contributed by atoms with Gasteiger partial charge in [0.15, 0.2) is 0 Å². The molecule has 3 N–H and O–H groups in total. The van der Waals surface area contributed by atoms with Crippen LogP contribution >= 0.6 is 0 Å². The number of nitrogens with one attached hydrogen (secondary N) is 1. The number of nitrogen functional groups attached to an aromatic ring is 1. The average Bonchev–Trinajstić information content (AvgIpc) is 2.50. The van der Waals surface area contributed by atoms with Crippen LogP contribution in [-0.4, -0.2) is 30.9 Å². The third kappa shape index (κ3) is 4.85. The lowest BCUT2D eigenvalue weighted by Crippen LogP contribution is -2.33. The molecule has 2 atom stereocenters. The minimum absolute atomic E-state index is 0.289. The Bertz CT molecular complexity index is 616. The van der Waals surface area contributed by atoms with Crippen LogP contribution < -0.4 is 11.1 Å². The molecule has 0 radical (unpaired) electrons. The normalized spacial score (nSPS) is 18.6. The number of aliphatic imine (C=N–C) groups is 2. The second-order valence-corrected chi connectivity index (χ2v) is 5.22. The molecule has 0 bridgehead atoms. The van der Waals surface area contributed by atoms with Gasteiger partial charge in [-0.15, -0.1) is 6.58 Å². The molecule has 1 unspecified atom stereocenters. The summed E-state index contributed by atoms with van der Waals surface area (Å²) in [4.78, 5) is 8.51. The van der Waals surface area contributed by atoms with Crippen molar-refractivity contribution in [1.82, 2.24) is 0 Å². The second kappa shape index (κ2) is 7.82. The van der Waals surface area contributed by atoms with Crippen LogP contribution in [0.2, 0.25) is 0 Å². The van der Waals surface area contributed by atoms with Crippen molar-refractivity contribution in [2.24, 2.45) is 9.98 Å². The molecular formula is C16H20F2N4O. The zero-order valence-corrected chi connectivity index (χ0v) is 12.9. The summed E-state index contributed by atoms with van der Waals surface area (Å²) in [5, 5.41) is 3.03. The Morgan fingerprint density at radius 3 is 2.96 bits per heavy atom. The lowest BCUT2D eigenvalue weighted by atomic mass is 10.1. The van der Waals surface area contributed by atoms with Crippen LogP contribution in [0.3, 0.4) is 0 Å². The standard InChI is InChI=1S/C16H20F2N4O/c1-3-4-14(23-15(17)18)13-7-8-20-16(22-13)21-11-6-5-10(2)12(19)9-11/h3,5-6,8-9,13-15H,1,4,7,19H2,2H3,(H,21,22)/t13?,14-/m1/s1. The summed E-state index contributed by atoms with van der Waals surface area (Å²) < 4.78 is 29.7. The fraction of sp³-hybridized carbons (Fsp3) is 0.375. The van der Waals surface area contributed by atoms with Gasteiger partial charge in [0.1, 0.15) is 0 Å². The van der Waals surface area contributed by atoms with Crippen LogP contribution in [0.4, 0.5) is 20.2 Å². The lowest BCUT2D eigenvalue weighted by molar-refractivity contribution is -0.166.